The minimum absolute atomic E-state index is 0.00721. The monoisotopic (exact) mass is 700 g/mol. The van der Waals surface area contributed by atoms with Crippen LogP contribution in [-0.4, -0.2) is 75.5 Å². The molecule has 0 spiro atoms. The van der Waals surface area contributed by atoms with E-state index < -0.39 is 24.1 Å². The Balaban J connectivity index is 4.52. The van der Waals surface area contributed by atoms with Gasteiger partial charge in [-0.25, -0.2) is 0 Å². The van der Waals surface area contributed by atoms with Crippen LogP contribution in [0.15, 0.2) is 72.9 Å². The maximum atomic E-state index is 12.6. The molecule has 0 fully saturated rings. The summed E-state index contributed by atoms with van der Waals surface area (Å²) in [6.45, 7) is 4.39. The van der Waals surface area contributed by atoms with E-state index in [0.717, 1.165) is 57.8 Å². The number of unbranched alkanes of at least 4 members (excludes halogenated alkanes) is 6. The Morgan fingerprint density at radius 3 is 1.62 bits per heavy atom. The van der Waals surface area contributed by atoms with Crippen LogP contribution in [-0.2, 0) is 28.6 Å². The molecule has 0 saturated carbocycles. The maximum Gasteiger partial charge on any atom is 0.306 e. The highest BCUT2D eigenvalue weighted by Crippen LogP contribution is 2.11. The average molecular weight is 700 g/mol. The van der Waals surface area contributed by atoms with Gasteiger partial charge in [0.25, 0.3) is 0 Å². The summed E-state index contributed by atoms with van der Waals surface area (Å²) in [5.41, 5.74) is 0. The van der Waals surface area contributed by atoms with Crippen LogP contribution in [0.1, 0.15) is 123 Å². The van der Waals surface area contributed by atoms with Crippen molar-refractivity contribution in [3.05, 3.63) is 72.9 Å². The number of esters is 2. The van der Waals surface area contributed by atoms with E-state index in [9.17, 15) is 19.5 Å². The zero-order chi connectivity index (χ0) is 37.1. The van der Waals surface area contributed by atoms with Gasteiger partial charge in [0.1, 0.15) is 12.6 Å². The topological polar surface area (TPSA) is 102 Å². The van der Waals surface area contributed by atoms with Gasteiger partial charge in [0.05, 0.1) is 40.3 Å². The van der Waals surface area contributed by atoms with Gasteiger partial charge in [-0.15, -0.1) is 0 Å². The lowest BCUT2D eigenvalue weighted by atomic mass is 10.1. The summed E-state index contributed by atoms with van der Waals surface area (Å²) in [4.78, 5) is 36.5. The molecule has 0 aliphatic rings. The molecule has 2 unspecified atom stereocenters. The van der Waals surface area contributed by atoms with E-state index in [1.54, 1.807) is 21.1 Å². The molecule has 0 amide bonds. The predicted octanol–water partition coefficient (Wildman–Crippen LogP) is 8.29. The third kappa shape index (κ3) is 30.8. The number of carbonyl (C=O) groups excluding carboxylic acids is 3. The van der Waals surface area contributed by atoms with Crippen molar-refractivity contribution in [3.63, 3.8) is 0 Å². The molecule has 0 aromatic carbocycles. The summed E-state index contributed by atoms with van der Waals surface area (Å²) >= 11 is 0. The highest BCUT2D eigenvalue weighted by Gasteiger charge is 2.25. The molecule has 0 rings (SSSR count). The van der Waals surface area contributed by atoms with Gasteiger partial charge in [-0.1, -0.05) is 125 Å². The first kappa shape index (κ1) is 46.8. The molecule has 0 heterocycles. The number of carbonyl (C=O) groups is 3. The fraction of sp³-hybridized carbons (Fsp3) is 0.643. The number of allylic oxidation sites excluding steroid dienone is 12. The van der Waals surface area contributed by atoms with E-state index in [1.807, 2.05) is 12.2 Å². The van der Waals surface area contributed by atoms with Gasteiger partial charge in [0, 0.05) is 19.3 Å². The van der Waals surface area contributed by atoms with Crippen molar-refractivity contribution in [1.82, 2.24) is 0 Å². The smallest absolute Gasteiger partial charge is 0.306 e. The summed E-state index contributed by atoms with van der Waals surface area (Å²) in [6.07, 6.45) is 39.6. The van der Waals surface area contributed by atoms with Crippen LogP contribution in [0.25, 0.3) is 0 Å². The summed E-state index contributed by atoms with van der Waals surface area (Å²) < 4.78 is 16.9. The van der Waals surface area contributed by atoms with Crippen LogP contribution >= 0.6 is 0 Å². The van der Waals surface area contributed by atoms with Gasteiger partial charge < -0.3 is 28.6 Å². The average Bonchev–Trinajstić information content (AvgIpc) is 3.06. The van der Waals surface area contributed by atoms with E-state index in [-0.39, 0.29) is 43.1 Å². The Labute approximate surface area is 304 Å². The highest BCUT2D eigenvalue weighted by atomic mass is 16.6. The Morgan fingerprint density at radius 2 is 1.12 bits per heavy atom. The molecular formula is C42H69NO7. The molecular weight excluding hydrogens is 630 g/mol. The number of ether oxygens (including phenoxy) is 3. The van der Waals surface area contributed by atoms with E-state index in [4.69, 9.17) is 14.2 Å². The molecule has 0 aromatic heterocycles. The normalized spacial score (nSPS) is 13.9. The predicted molar refractivity (Wildman–Crippen MR) is 203 cm³/mol. The van der Waals surface area contributed by atoms with Crippen molar-refractivity contribution in [2.75, 3.05) is 41.0 Å². The Bertz CT molecular complexity index is 1050. The number of carboxylic acids is 1. The van der Waals surface area contributed by atoms with Crippen molar-refractivity contribution < 1.29 is 38.2 Å². The molecule has 8 heteroatoms. The molecule has 284 valence electrons. The third-order valence-electron chi connectivity index (χ3n) is 7.87. The molecule has 0 aromatic rings. The molecule has 50 heavy (non-hydrogen) atoms. The number of hydrogen-bond donors (Lipinski definition) is 0. The van der Waals surface area contributed by atoms with Crippen LogP contribution in [0.3, 0.4) is 0 Å². The van der Waals surface area contributed by atoms with Gasteiger partial charge >= 0.3 is 11.9 Å². The van der Waals surface area contributed by atoms with Crippen LogP contribution in [0, 0.1) is 0 Å². The Kier molecular flexibility index (Phi) is 30.8. The summed E-state index contributed by atoms with van der Waals surface area (Å²) in [5.74, 6) is -1.86. The van der Waals surface area contributed by atoms with E-state index in [0.29, 0.717) is 12.8 Å². The zero-order valence-electron chi connectivity index (χ0n) is 32.0. The second-order valence-electron chi connectivity index (χ2n) is 13.4. The number of aliphatic carboxylic acids is 1. The first-order valence-corrected chi connectivity index (χ1v) is 19.0. The standard InChI is InChI=1S/C42H69NO7/c1-6-8-10-12-14-15-16-17-18-19-20-21-22-23-24-25-27-29-31-33-41(45)50-38(36-48-35-34-39(42(46)47)43(3,4)5)37-49-40(44)32-30-28-26-13-11-9-7-2/h8,10,14-15,17-18,20-21,23-24,27,29,38-39H,6-7,9,11-13,16,19,22,25-26,28,30-37H2,1-5H3/b10-8-,15-14-,18-17-,21-20-,24-23-,29-27-. The van der Waals surface area contributed by atoms with E-state index in [1.165, 1.54) is 25.7 Å². The highest BCUT2D eigenvalue weighted by molar-refractivity contribution is 5.70. The van der Waals surface area contributed by atoms with Crippen LogP contribution in [0.4, 0.5) is 0 Å². The number of carboxylic acid groups (broad SMARTS) is 1. The molecule has 0 bridgehead atoms. The van der Waals surface area contributed by atoms with Crippen molar-refractivity contribution in [3.8, 4) is 0 Å². The maximum absolute atomic E-state index is 12.6. The van der Waals surface area contributed by atoms with Gasteiger partial charge in [0.15, 0.2) is 6.10 Å². The van der Waals surface area contributed by atoms with Crippen LogP contribution < -0.4 is 5.11 Å². The lowest BCUT2D eigenvalue weighted by molar-refractivity contribution is -0.889. The van der Waals surface area contributed by atoms with Gasteiger partial charge in [-0.05, 0) is 51.4 Å². The molecule has 0 aliphatic heterocycles. The van der Waals surface area contributed by atoms with E-state index in [2.05, 4.69) is 74.6 Å². The number of likely N-dealkylation sites (N-methyl/N-ethyl adjacent to an activating group) is 1. The number of nitrogens with zero attached hydrogens (tertiary/aromatic N) is 1. The van der Waals surface area contributed by atoms with Crippen LogP contribution in [0.2, 0.25) is 0 Å². The lowest BCUT2D eigenvalue weighted by Gasteiger charge is -2.34. The Hall–Kier alpha value is -3.23. The molecule has 0 N–H and O–H groups in total. The van der Waals surface area contributed by atoms with Crippen molar-refractivity contribution >= 4 is 17.9 Å². The largest absolute Gasteiger partial charge is 0.544 e. The molecule has 0 radical (unpaired) electrons. The Morgan fingerprint density at radius 1 is 0.620 bits per heavy atom. The van der Waals surface area contributed by atoms with Crippen molar-refractivity contribution in [2.24, 2.45) is 0 Å². The fourth-order valence-corrected chi connectivity index (χ4v) is 4.92. The first-order valence-electron chi connectivity index (χ1n) is 19.0. The van der Waals surface area contributed by atoms with Gasteiger partial charge in [-0.3, -0.25) is 9.59 Å². The molecule has 2 atom stereocenters. The first-order chi connectivity index (χ1) is 24.1. The zero-order valence-corrected chi connectivity index (χ0v) is 32.0. The summed E-state index contributed by atoms with van der Waals surface area (Å²) in [5, 5.41) is 11.6. The van der Waals surface area contributed by atoms with Crippen molar-refractivity contribution in [2.45, 2.75) is 135 Å². The minimum Gasteiger partial charge on any atom is -0.544 e. The van der Waals surface area contributed by atoms with E-state index >= 15 is 0 Å². The lowest BCUT2D eigenvalue weighted by Crippen LogP contribution is -2.55. The third-order valence-corrected chi connectivity index (χ3v) is 7.87. The van der Waals surface area contributed by atoms with Crippen LogP contribution in [0.5, 0.6) is 0 Å². The molecule has 0 aliphatic carbocycles. The SMILES string of the molecule is CC/C=C\C/C=C\C/C=C\C/C=C\C/C=C\C/C=C\CCC(=O)OC(COCCC(C(=O)[O-])[N+](C)(C)C)COC(=O)CCCCCCCCC. The van der Waals surface area contributed by atoms with Gasteiger partial charge in [0.2, 0.25) is 0 Å². The second-order valence-corrected chi connectivity index (χ2v) is 13.4. The quantitative estimate of drug-likeness (QED) is 0.0301. The molecule has 8 nitrogen and oxygen atoms in total. The fourth-order valence-electron chi connectivity index (χ4n) is 4.92. The number of quaternary nitrogens is 1. The number of rotatable bonds is 32. The second kappa shape index (κ2) is 32.9. The number of hydrogen-bond acceptors (Lipinski definition) is 7. The van der Waals surface area contributed by atoms with Crippen molar-refractivity contribution in [1.29, 1.82) is 0 Å². The molecule has 0 saturated heterocycles. The summed E-state index contributed by atoms with van der Waals surface area (Å²) in [6, 6.07) is -0.739. The van der Waals surface area contributed by atoms with Gasteiger partial charge in [-0.2, -0.15) is 0 Å². The summed E-state index contributed by atoms with van der Waals surface area (Å²) in [7, 11) is 5.36. The minimum atomic E-state index is -1.14.